The van der Waals surface area contributed by atoms with Gasteiger partial charge in [-0.05, 0) is 48.8 Å². The number of aryl methyl sites for hydroxylation is 1. The van der Waals surface area contributed by atoms with Gasteiger partial charge in [-0.1, -0.05) is 38.1 Å². The molecule has 1 aliphatic heterocycles. The van der Waals surface area contributed by atoms with Crippen molar-refractivity contribution in [1.82, 2.24) is 23.6 Å². The topological polar surface area (TPSA) is 50.7 Å². The molecule has 4 aromatic rings. The Morgan fingerprint density at radius 3 is 2.47 bits per heavy atom. The molecule has 2 aromatic carbocycles. The molecule has 0 unspecified atom stereocenters. The third-order valence-corrected chi connectivity index (χ3v) is 6.91. The number of nitrogens with zero attached hydrogens (tertiary/aromatic N) is 6. The summed E-state index contributed by atoms with van der Waals surface area (Å²) in [5.74, 6) is 0.860. The molecule has 3 heterocycles. The molecule has 0 spiro atoms. The minimum absolute atomic E-state index is 0.0330. The SMILES string of the molecule is CC(C)CCn1c(=O)c2ccccc2n2c(=S)n(CN3CCN(c4ccccc4F)CC3)nc12. The van der Waals surface area contributed by atoms with Gasteiger partial charge in [0.15, 0.2) is 0 Å². The highest BCUT2D eigenvalue weighted by Crippen LogP contribution is 2.21. The molecule has 1 aliphatic rings. The van der Waals surface area contributed by atoms with Gasteiger partial charge in [0.2, 0.25) is 10.5 Å². The van der Waals surface area contributed by atoms with Crippen LogP contribution in [-0.4, -0.2) is 49.8 Å². The normalized spacial score (nSPS) is 15.1. The van der Waals surface area contributed by atoms with Crippen molar-refractivity contribution in [2.75, 3.05) is 31.1 Å². The van der Waals surface area contributed by atoms with Crippen LogP contribution in [0.3, 0.4) is 0 Å². The van der Waals surface area contributed by atoms with Crippen LogP contribution in [0.5, 0.6) is 0 Å². The Hall–Kier alpha value is -3.04. The summed E-state index contributed by atoms with van der Waals surface area (Å²) < 4.78 is 20.2. The standard InChI is InChI=1S/C25H29FN6OS/c1-18(2)11-12-30-23(33)19-7-3-5-9-21(19)32-24(30)27-31(25(32)34)17-28-13-15-29(16-14-28)22-10-6-4-8-20(22)26/h3-10,18H,11-17H2,1-2H3. The van der Waals surface area contributed by atoms with E-state index in [9.17, 15) is 9.18 Å². The number of para-hydroxylation sites is 2. The second kappa shape index (κ2) is 9.31. The van der Waals surface area contributed by atoms with E-state index in [1.165, 1.54) is 6.07 Å². The third kappa shape index (κ3) is 4.14. The lowest BCUT2D eigenvalue weighted by Gasteiger charge is -2.35. The van der Waals surface area contributed by atoms with Gasteiger partial charge in [0.1, 0.15) is 5.82 Å². The third-order valence-electron chi connectivity index (χ3n) is 6.51. The molecule has 0 radical (unpaired) electrons. The highest BCUT2D eigenvalue weighted by Gasteiger charge is 2.21. The van der Waals surface area contributed by atoms with Crippen LogP contribution in [0.25, 0.3) is 16.7 Å². The maximum Gasteiger partial charge on any atom is 0.262 e. The van der Waals surface area contributed by atoms with Crippen LogP contribution < -0.4 is 10.5 Å². The average molecular weight is 481 g/mol. The summed E-state index contributed by atoms with van der Waals surface area (Å²) in [6.07, 6.45) is 0.880. The quantitative estimate of drug-likeness (QED) is 0.388. The average Bonchev–Trinajstić information content (AvgIpc) is 3.15. The molecule has 9 heteroatoms. The molecule has 1 fully saturated rings. The highest BCUT2D eigenvalue weighted by molar-refractivity contribution is 7.71. The molecule has 5 rings (SSSR count). The van der Waals surface area contributed by atoms with Crippen LogP contribution in [0.4, 0.5) is 10.1 Å². The number of benzene rings is 2. The molecule has 2 aromatic heterocycles. The smallest absolute Gasteiger partial charge is 0.262 e. The first-order chi connectivity index (χ1) is 16.4. The van der Waals surface area contributed by atoms with Crippen molar-refractivity contribution in [3.63, 3.8) is 0 Å². The number of halogens is 1. The zero-order valence-electron chi connectivity index (χ0n) is 19.5. The Kier molecular flexibility index (Phi) is 6.22. The lowest BCUT2D eigenvalue weighted by atomic mass is 10.1. The van der Waals surface area contributed by atoms with E-state index in [0.29, 0.717) is 40.8 Å². The fourth-order valence-corrected chi connectivity index (χ4v) is 4.85. The molecule has 0 atom stereocenters. The second-order valence-corrected chi connectivity index (χ2v) is 9.64. The molecule has 0 N–H and O–H groups in total. The molecule has 1 saturated heterocycles. The first kappa shape index (κ1) is 22.7. The maximum absolute atomic E-state index is 14.2. The number of hydrogen-bond donors (Lipinski definition) is 0. The molecular weight excluding hydrogens is 451 g/mol. The number of hydrogen-bond acceptors (Lipinski definition) is 5. The van der Waals surface area contributed by atoms with Gasteiger partial charge in [0.25, 0.3) is 5.56 Å². The van der Waals surface area contributed by atoms with E-state index < -0.39 is 0 Å². The van der Waals surface area contributed by atoms with Crippen LogP contribution in [0.2, 0.25) is 0 Å². The monoisotopic (exact) mass is 480 g/mol. The summed E-state index contributed by atoms with van der Waals surface area (Å²) >= 11 is 5.84. The lowest BCUT2D eigenvalue weighted by Crippen LogP contribution is -2.47. The Morgan fingerprint density at radius 1 is 1.03 bits per heavy atom. The van der Waals surface area contributed by atoms with Crippen molar-refractivity contribution in [2.24, 2.45) is 5.92 Å². The number of rotatable bonds is 6. The van der Waals surface area contributed by atoms with E-state index in [4.69, 9.17) is 17.3 Å². The van der Waals surface area contributed by atoms with Gasteiger partial charge >= 0.3 is 0 Å². The zero-order chi connectivity index (χ0) is 23.8. The highest BCUT2D eigenvalue weighted by atomic mass is 32.1. The Balaban J connectivity index is 1.46. The predicted octanol–water partition coefficient (Wildman–Crippen LogP) is 4.15. The van der Waals surface area contributed by atoms with Crippen LogP contribution in [0.1, 0.15) is 20.3 Å². The summed E-state index contributed by atoms with van der Waals surface area (Å²) in [6.45, 7) is 8.41. The number of piperazine rings is 1. The van der Waals surface area contributed by atoms with E-state index >= 15 is 0 Å². The number of aromatic nitrogens is 4. The van der Waals surface area contributed by atoms with Crippen molar-refractivity contribution in [3.8, 4) is 0 Å². The Morgan fingerprint density at radius 2 is 1.74 bits per heavy atom. The molecule has 34 heavy (non-hydrogen) atoms. The summed E-state index contributed by atoms with van der Waals surface area (Å²) in [5, 5.41) is 5.46. The van der Waals surface area contributed by atoms with Crippen LogP contribution in [-0.2, 0) is 13.2 Å². The van der Waals surface area contributed by atoms with Gasteiger partial charge in [-0.25, -0.2) is 9.07 Å². The summed E-state index contributed by atoms with van der Waals surface area (Å²) in [4.78, 5) is 17.6. The first-order valence-electron chi connectivity index (χ1n) is 11.8. The van der Waals surface area contributed by atoms with E-state index in [-0.39, 0.29) is 11.4 Å². The van der Waals surface area contributed by atoms with Crippen molar-refractivity contribution < 1.29 is 4.39 Å². The van der Waals surface area contributed by atoms with Crippen molar-refractivity contribution in [1.29, 1.82) is 0 Å². The largest absolute Gasteiger partial charge is 0.367 e. The molecular formula is C25H29FN6OS. The number of anilines is 1. The van der Waals surface area contributed by atoms with E-state index in [1.54, 1.807) is 15.3 Å². The van der Waals surface area contributed by atoms with Gasteiger partial charge in [-0.15, -0.1) is 5.10 Å². The summed E-state index contributed by atoms with van der Waals surface area (Å²) in [7, 11) is 0. The van der Waals surface area contributed by atoms with E-state index in [1.807, 2.05) is 40.8 Å². The van der Waals surface area contributed by atoms with Gasteiger partial charge in [-0.3, -0.25) is 18.7 Å². The minimum atomic E-state index is -0.190. The Labute approximate surface area is 202 Å². The minimum Gasteiger partial charge on any atom is -0.367 e. The fraction of sp³-hybridized carbons (Fsp3) is 0.400. The molecule has 0 aliphatic carbocycles. The summed E-state index contributed by atoms with van der Waals surface area (Å²) in [5.41, 5.74) is 1.39. The summed E-state index contributed by atoms with van der Waals surface area (Å²) in [6, 6.07) is 14.5. The van der Waals surface area contributed by atoms with Crippen LogP contribution in [0, 0.1) is 16.5 Å². The van der Waals surface area contributed by atoms with Crippen LogP contribution >= 0.6 is 12.2 Å². The van der Waals surface area contributed by atoms with E-state index in [2.05, 4.69) is 23.6 Å². The van der Waals surface area contributed by atoms with Gasteiger partial charge in [0.05, 0.1) is 23.3 Å². The molecule has 178 valence electrons. The molecule has 0 saturated carbocycles. The molecule has 0 amide bonds. The first-order valence-corrected chi connectivity index (χ1v) is 12.2. The van der Waals surface area contributed by atoms with Crippen molar-refractivity contribution >= 4 is 34.6 Å². The van der Waals surface area contributed by atoms with Crippen molar-refractivity contribution in [2.45, 2.75) is 33.5 Å². The predicted molar refractivity (Wildman–Crippen MR) is 135 cm³/mol. The van der Waals surface area contributed by atoms with E-state index in [0.717, 1.165) is 38.1 Å². The van der Waals surface area contributed by atoms with Gasteiger partial charge in [-0.2, -0.15) is 0 Å². The number of fused-ring (bicyclic) bond motifs is 3. The molecule has 0 bridgehead atoms. The van der Waals surface area contributed by atoms with Gasteiger partial charge < -0.3 is 4.90 Å². The van der Waals surface area contributed by atoms with Crippen molar-refractivity contribution in [3.05, 3.63) is 69.5 Å². The zero-order valence-corrected chi connectivity index (χ0v) is 20.3. The fourth-order valence-electron chi connectivity index (χ4n) is 4.58. The molecule has 7 nitrogen and oxygen atoms in total. The van der Waals surface area contributed by atoms with Crippen LogP contribution in [0.15, 0.2) is 53.3 Å². The second-order valence-electron chi connectivity index (χ2n) is 9.27. The lowest BCUT2D eigenvalue weighted by molar-refractivity contribution is 0.194. The van der Waals surface area contributed by atoms with Gasteiger partial charge in [0, 0.05) is 32.7 Å². The Bertz CT molecular complexity index is 1450. The maximum atomic E-state index is 14.2.